The first-order valence-electron chi connectivity index (χ1n) is 5.63. The van der Waals surface area contributed by atoms with Crippen molar-refractivity contribution in [2.45, 2.75) is 19.4 Å². The number of nitrogens with zero attached hydrogens (tertiary/aromatic N) is 2. The Hall–Kier alpha value is -1.13. The van der Waals surface area contributed by atoms with Gasteiger partial charge in [0.1, 0.15) is 0 Å². The minimum absolute atomic E-state index is 0.308. The average molecular weight is 294 g/mol. The molecule has 2 aromatic rings. The smallest absolute Gasteiger partial charge is 0.0632 e. The third kappa shape index (κ3) is 3.17. The van der Waals surface area contributed by atoms with Gasteiger partial charge in [0.05, 0.1) is 10.7 Å². The first-order valence-corrected chi connectivity index (χ1v) is 6.43. The first kappa shape index (κ1) is 12.3. The Bertz CT molecular complexity index is 476. The fraction of sp³-hybridized carbons (Fsp3) is 0.308. The summed E-state index contributed by atoms with van der Waals surface area (Å²) in [6.45, 7) is 3.53. The zero-order valence-electron chi connectivity index (χ0n) is 9.81. The van der Waals surface area contributed by atoms with Crippen LogP contribution in [0.15, 0.2) is 41.1 Å². The second-order valence-corrected chi connectivity index (χ2v) is 5.14. The predicted molar refractivity (Wildman–Crippen MR) is 72.9 cm³/mol. The highest BCUT2D eigenvalue weighted by atomic mass is 79.9. The Kier molecular flexibility index (Phi) is 3.97. The summed E-state index contributed by atoms with van der Waals surface area (Å²) in [7, 11) is 0. The SMILES string of the molecule is Cc1ccc(C(CN)Cn2cc(Br)cn2)cc1. The number of rotatable bonds is 4. The van der Waals surface area contributed by atoms with Crippen molar-refractivity contribution >= 4 is 15.9 Å². The summed E-state index contributed by atoms with van der Waals surface area (Å²) in [5.74, 6) is 0.308. The van der Waals surface area contributed by atoms with E-state index < -0.39 is 0 Å². The van der Waals surface area contributed by atoms with E-state index in [0.717, 1.165) is 11.0 Å². The van der Waals surface area contributed by atoms with E-state index in [4.69, 9.17) is 5.73 Å². The predicted octanol–water partition coefficient (Wildman–Crippen LogP) is 2.70. The van der Waals surface area contributed by atoms with Crippen LogP contribution in [-0.4, -0.2) is 16.3 Å². The minimum Gasteiger partial charge on any atom is -0.330 e. The van der Waals surface area contributed by atoms with Gasteiger partial charge < -0.3 is 5.73 Å². The molecule has 0 aliphatic heterocycles. The molecule has 0 fully saturated rings. The molecule has 0 aliphatic rings. The van der Waals surface area contributed by atoms with Crippen LogP contribution < -0.4 is 5.73 Å². The zero-order chi connectivity index (χ0) is 12.3. The van der Waals surface area contributed by atoms with Gasteiger partial charge in [-0.3, -0.25) is 4.68 Å². The normalized spacial score (nSPS) is 12.6. The maximum absolute atomic E-state index is 5.84. The van der Waals surface area contributed by atoms with Gasteiger partial charge in [-0.1, -0.05) is 29.8 Å². The Labute approximate surface area is 110 Å². The topological polar surface area (TPSA) is 43.8 Å². The minimum atomic E-state index is 0.308. The lowest BCUT2D eigenvalue weighted by molar-refractivity contribution is 0.521. The van der Waals surface area contributed by atoms with E-state index in [1.165, 1.54) is 11.1 Å². The van der Waals surface area contributed by atoms with E-state index in [1.54, 1.807) is 6.20 Å². The number of benzene rings is 1. The van der Waals surface area contributed by atoms with Crippen LogP contribution in [0.3, 0.4) is 0 Å². The van der Waals surface area contributed by atoms with Gasteiger partial charge in [0.15, 0.2) is 0 Å². The van der Waals surface area contributed by atoms with Crippen molar-refractivity contribution in [1.29, 1.82) is 0 Å². The molecule has 0 saturated heterocycles. The summed E-state index contributed by atoms with van der Waals surface area (Å²) >= 11 is 3.40. The van der Waals surface area contributed by atoms with Crippen LogP contribution in [0.1, 0.15) is 17.0 Å². The fourth-order valence-corrected chi connectivity index (χ4v) is 2.15. The molecule has 17 heavy (non-hydrogen) atoms. The lowest BCUT2D eigenvalue weighted by Crippen LogP contribution is -2.18. The van der Waals surface area contributed by atoms with Gasteiger partial charge in [-0.25, -0.2) is 0 Å². The summed E-state index contributed by atoms with van der Waals surface area (Å²) in [6.07, 6.45) is 3.76. The highest BCUT2D eigenvalue weighted by Crippen LogP contribution is 2.18. The van der Waals surface area contributed by atoms with Crippen LogP contribution >= 0.6 is 15.9 Å². The lowest BCUT2D eigenvalue weighted by Gasteiger charge is -2.15. The third-order valence-corrected chi connectivity index (χ3v) is 3.25. The molecule has 2 rings (SSSR count). The molecule has 2 N–H and O–H groups in total. The van der Waals surface area contributed by atoms with Crippen LogP contribution in [0, 0.1) is 6.92 Å². The first-order chi connectivity index (χ1) is 8.19. The molecule has 0 radical (unpaired) electrons. The van der Waals surface area contributed by atoms with Crippen LogP contribution in [0.25, 0.3) is 0 Å². The molecule has 1 atom stereocenters. The standard InChI is InChI=1S/C13H16BrN3/c1-10-2-4-11(5-3-10)12(6-15)8-17-9-13(14)7-16-17/h2-5,7,9,12H,6,8,15H2,1H3. The molecule has 1 aromatic carbocycles. The largest absolute Gasteiger partial charge is 0.330 e. The molecule has 1 aromatic heterocycles. The molecule has 0 aliphatic carbocycles. The second-order valence-electron chi connectivity index (χ2n) is 4.22. The zero-order valence-corrected chi connectivity index (χ0v) is 11.4. The Balaban J connectivity index is 2.13. The average Bonchev–Trinajstić information content (AvgIpc) is 2.73. The van der Waals surface area contributed by atoms with Gasteiger partial charge in [0.25, 0.3) is 0 Å². The van der Waals surface area contributed by atoms with E-state index in [1.807, 2.05) is 10.9 Å². The summed E-state index contributed by atoms with van der Waals surface area (Å²) in [5.41, 5.74) is 8.38. The molecule has 0 saturated carbocycles. The molecule has 1 unspecified atom stereocenters. The van der Waals surface area contributed by atoms with E-state index in [9.17, 15) is 0 Å². The van der Waals surface area contributed by atoms with Gasteiger partial charge in [-0.2, -0.15) is 5.10 Å². The molecule has 4 heteroatoms. The van der Waals surface area contributed by atoms with Crippen LogP contribution in [0.2, 0.25) is 0 Å². The van der Waals surface area contributed by atoms with Gasteiger partial charge in [0, 0.05) is 25.2 Å². The molecule has 0 spiro atoms. The van der Waals surface area contributed by atoms with E-state index in [2.05, 4.69) is 52.2 Å². The summed E-state index contributed by atoms with van der Waals surface area (Å²) in [4.78, 5) is 0. The highest BCUT2D eigenvalue weighted by Gasteiger charge is 2.10. The van der Waals surface area contributed by atoms with Crippen LogP contribution in [0.5, 0.6) is 0 Å². The number of nitrogens with two attached hydrogens (primary N) is 1. The molecular formula is C13H16BrN3. The van der Waals surface area contributed by atoms with Gasteiger partial charge in [-0.15, -0.1) is 0 Å². The molecule has 90 valence electrons. The number of halogens is 1. The molecule has 1 heterocycles. The van der Waals surface area contributed by atoms with Crippen molar-refractivity contribution in [2.75, 3.05) is 6.54 Å². The highest BCUT2D eigenvalue weighted by molar-refractivity contribution is 9.10. The van der Waals surface area contributed by atoms with Crippen molar-refractivity contribution < 1.29 is 0 Å². The van der Waals surface area contributed by atoms with E-state index >= 15 is 0 Å². The second kappa shape index (κ2) is 5.47. The Morgan fingerprint density at radius 1 is 1.35 bits per heavy atom. The van der Waals surface area contributed by atoms with Crippen molar-refractivity contribution in [3.63, 3.8) is 0 Å². The number of hydrogen-bond acceptors (Lipinski definition) is 2. The van der Waals surface area contributed by atoms with E-state index in [0.29, 0.717) is 12.5 Å². The summed E-state index contributed by atoms with van der Waals surface area (Å²) < 4.78 is 2.92. The van der Waals surface area contributed by atoms with Crippen molar-refractivity contribution in [3.05, 3.63) is 52.3 Å². The maximum Gasteiger partial charge on any atom is 0.0632 e. The number of aromatic nitrogens is 2. The van der Waals surface area contributed by atoms with Crippen LogP contribution in [-0.2, 0) is 6.54 Å². The number of aryl methyl sites for hydroxylation is 1. The monoisotopic (exact) mass is 293 g/mol. The fourth-order valence-electron chi connectivity index (χ4n) is 1.82. The van der Waals surface area contributed by atoms with Crippen molar-refractivity contribution in [2.24, 2.45) is 5.73 Å². The van der Waals surface area contributed by atoms with E-state index in [-0.39, 0.29) is 0 Å². The summed E-state index contributed by atoms with van der Waals surface area (Å²) in [5, 5.41) is 4.26. The van der Waals surface area contributed by atoms with Gasteiger partial charge in [-0.05, 0) is 28.4 Å². The maximum atomic E-state index is 5.84. The molecule has 3 nitrogen and oxygen atoms in total. The Morgan fingerprint density at radius 3 is 2.59 bits per heavy atom. The quantitative estimate of drug-likeness (QED) is 0.942. The van der Waals surface area contributed by atoms with Crippen molar-refractivity contribution in [1.82, 2.24) is 9.78 Å². The van der Waals surface area contributed by atoms with Crippen LogP contribution in [0.4, 0.5) is 0 Å². The van der Waals surface area contributed by atoms with Gasteiger partial charge in [0.2, 0.25) is 0 Å². The summed E-state index contributed by atoms with van der Waals surface area (Å²) in [6, 6.07) is 8.53. The Morgan fingerprint density at radius 2 is 2.06 bits per heavy atom. The third-order valence-electron chi connectivity index (χ3n) is 2.84. The van der Waals surface area contributed by atoms with Gasteiger partial charge >= 0.3 is 0 Å². The lowest BCUT2D eigenvalue weighted by atomic mass is 9.98. The molecule has 0 amide bonds. The molecule has 0 bridgehead atoms. The number of hydrogen-bond donors (Lipinski definition) is 1. The van der Waals surface area contributed by atoms with Crippen molar-refractivity contribution in [3.8, 4) is 0 Å². The molecular weight excluding hydrogens is 278 g/mol.